The molecule has 0 aromatic carbocycles. The summed E-state index contributed by atoms with van der Waals surface area (Å²) in [6.07, 6.45) is -4.54. The molecule has 1 aromatic heterocycles. The summed E-state index contributed by atoms with van der Waals surface area (Å²) in [6.45, 7) is 2.23. The lowest BCUT2D eigenvalue weighted by Crippen LogP contribution is -2.15. The zero-order chi connectivity index (χ0) is 15.2. The van der Waals surface area contributed by atoms with Gasteiger partial charge in [-0.1, -0.05) is 0 Å². The second-order valence-electron chi connectivity index (χ2n) is 3.74. The molecule has 0 saturated carbocycles. The maximum atomic E-state index is 12.7. The van der Waals surface area contributed by atoms with E-state index in [2.05, 4.69) is 25.3 Å². The maximum absolute atomic E-state index is 12.7. The summed E-state index contributed by atoms with van der Waals surface area (Å²) in [5.74, 6) is -0.593. The summed E-state index contributed by atoms with van der Waals surface area (Å²) < 4.78 is 42.4. The summed E-state index contributed by atoms with van der Waals surface area (Å²) in [7, 11) is 1.23. The van der Waals surface area contributed by atoms with Crippen LogP contribution in [0.1, 0.15) is 19.0 Å². The normalized spacial score (nSPS) is 11.1. The number of rotatable bonds is 6. The molecule has 20 heavy (non-hydrogen) atoms. The Bertz CT molecular complexity index is 465. The molecular weight excluding hydrogens is 277 g/mol. The van der Waals surface area contributed by atoms with Gasteiger partial charge >= 0.3 is 12.1 Å². The molecule has 0 aliphatic carbocycles. The summed E-state index contributed by atoms with van der Waals surface area (Å²) in [5.41, 5.74) is -1.05. The smallest absolute Gasteiger partial charge is 0.433 e. The van der Waals surface area contributed by atoms with Crippen molar-refractivity contribution >= 4 is 17.7 Å². The van der Waals surface area contributed by atoms with Crippen LogP contribution in [0, 0.1) is 0 Å². The van der Waals surface area contributed by atoms with Gasteiger partial charge in [-0.15, -0.1) is 0 Å². The number of anilines is 2. The number of ether oxygens (including phenoxy) is 1. The minimum Gasteiger partial charge on any atom is -0.469 e. The standard InChI is InChI=1S/C11H15F3N4O2/c1-3-15-10-17-7(11(12,13)14)6-8(18-10)16-5-4-9(19)20-2/h6H,3-5H2,1-2H3,(H2,15,16,17,18). The van der Waals surface area contributed by atoms with Gasteiger partial charge < -0.3 is 15.4 Å². The molecular formula is C11H15F3N4O2. The van der Waals surface area contributed by atoms with Crippen molar-refractivity contribution in [3.8, 4) is 0 Å². The number of halogens is 3. The van der Waals surface area contributed by atoms with Gasteiger partial charge in [-0.2, -0.15) is 18.2 Å². The highest BCUT2D eigenvalue weighted by atomic mass is 19.4. The quantitative estimate of drug-likeness (QED) is 0.780. The number of aromatic nitrogens is 2. The van der Waals surface area contributed by atoms with Crippen LogP contribution < -0.4 is 10.6 Å². The van der Waals surface area contributed by atoms with Crippen LogP contribution in [0.3, 0.4) is 0 Å². The van der Waals surface area contributed by atoms with Crippen molar-refractivity contribution < 1.29 is 22.7 Å². The first-order valence-electron chi connectivity index (χ1n) is 5.87. The van der Waals surface area contributed by atoms with E-state index in [0.717, 1.165) is 6.07 Å². The van der Waals surface area contributed by atoms with Gasteiger partial charge in [0.1, 0.15) is 5.82 Å². The highest BCUT2D eigenvalue weighted by molar-refractivity contribution is 5.69. The molecule has 0 saturated heterocycles. The Hall–Kier alpha value is -2.06. The fourth-order valence-electron chi connectivity index (χ4n) is 1.31. The SMILES string of the molecule is CCNc1nc(NCCC(=O)OC)cc(C(F)(F)F)n1. The Kier molecular flexibility index (Phi) is 5.53. The van der Waals surface area contributed by atoms with Crippen molar-refractivity contribution in [3.05, 3.63) is 11.8 Å². The largest absolute Gasteiger partial charge is 0.469 e. The summed E-state index contributed by atoms with van der Waals surface area (Å²) in [5, 5.41) is 5.25. The van der Waals surface area contributed by atoms with Crippen molar-refractivity contribution in [3.63, 3.8) is 0 Å². The maximum Gasteiger partial charge on any atom is 0.433 e. The number of carbonyl (C=O) groups excluding carboxylic acids is 1. The number of alkyl halides is 3. The van der Waals surface area contributed by atoms with Crippen LogP contribution in [0.4, 0.5) is 24.9 Å². The van der Waals surface area contributed by atoms with Crippen LogP contribution in [0.2, 0.25) is 0 Å². The monoisotopic (exact) mass is 292 g/mol. The molecule has 0 radical (unpaired) electrons. The number of methoxy groups -OCH3 is 1. The summed E-state index contributed by atoms with van der Waals surface area (Å²) in [4.78, 5) is 18.2. The van der Waals surface area contributed by atoms with E-state index < -0.39 is 17.8 Å². The fourth-order valence-corrected chi connectivity index (χ4v) is 1.31. The number of carbonyl (C=O) groups is 1. The van der Waals surface area contributed by atoms with Crippen molar-refractivity contribution in [2.45, 2.75) is 19.5 Å². The van der Waals surface area contributed by atoms with Crippen LogP contribution in [0.5, 0.6) is 0 Å². The van der Waals surface area contributed by atoms with Crippen molar-refractivity contribution in [1.29, 1.82) is 0 Å². The predicted molar refractivity (Wildman–Crippen MR) is 66.3 cm³/mol. The second-order valence-corrected chi connectivity index (χ2v) is 3.74. The van der Waals surface area contributed by atoms with Gasteiger partial charge in [0.25, 0.3) is 0 Å². The molecule has 112 valence electrons. The lowest BCUT2D eigenvalue weighted by Gasteiger charge is -2.11. The average Bonchev–Trinajstić information content (AvgIpc) is 2.37. The molecule has 0 fully saturated rings. The van der Waals surface area contributed by atoms with E-state index in [1.54, 1.807) is 6.92 Å². The number of hydrogen-bond acceptors (Lipinski definition) is 6. The van der Waals surface area contributed by atoms with E-state index in [1.807, 2.05) is 0 Å². The molecule has 0 unspecified atom stereocenters. The molecule has 2 N–H and O–H groups in total. The van der Waals surface area contributed by atoms with Gasteiger partial charge in [0.2, 0.25) is 5.95 Å². The first-order chi connectivity index (χ1) is 9.36. The third kappa shape index (κ3) is 4.90. The van der Waals surface area contributed by atoms with Crippen LogP contribution in [-0.4, -0.2) is 36.1 Å². The van der Waals surface area contributed by atoms with E-state index in [1.165, 1.54) is 7.11 Å². The van der Waals surface area contributed by atoms with Crippen LogP contribution in [0.25, 0.3) is 0 Å². The van der Waals surface area contributed by atoms with E-state index in [9.17, 15) is 18.0 Å². The highest BCUT2D eigenvalue weighted by Crippen LogP contribution is 2.29. The first-order valence-corrected chi connectivity index (χ1v) is 5.87. The first kappa shape index (κ1) is 16.0. The molecule has 0 bridgehead atoms. The van der Waals surface area contributed by atoms with E-state index in [4.69, 9.17) is 0 Å². The molecule has 0 amide bonds. The minimum absolute atomic E-state index is 0.00724. The Balaban J connectivity index is 2.83. The average molecular weight is 292 g/mol. The molecule has 1 aromatic rings. The van der Waals surface area contributed by atoms with E-state index in [0.29, 0.717) is 6.54 Å². The molecule has 0 atom stereocenters. The van der Waals surface area contributed by atoms with Crippen LogP contribution >= 0.6 is 0 Å². The lowest BCUT2D eigenvalue weighted by atomic mass is 10.3. The van der Waals surface area contributed by atoms with E-state index >= 15 is 0 Å². The van der Waals surface area contributed by atoms with Crippen LogP contribution in [0.15, 0.2) is 6.07 Å². The molecule has 1 rings (SSSR count). The fraction of sp³-hybridized carbons (Fsp3) is 0.545. The molecule has 6 nitrogen and oxygen atoms in total. The van der Waals surface area contributed by atoms with Gasteiger partial charge in [-0.3, -0.25) is 4.79 Å². The van der Waals surface area contributed by atoms with Gasteiger partial charge in [0.15, 0.2) is 5.69 Å². The number of hydrogen-bond donors (Lipinski definition) is 2. The van der Waals surface area contributed by atoms with Crippen molar-refractivity contribution in [2.75, 3.05) is 30.8 Å². The predicted octanol–water partition coefficient (Wildman–Crippen LogP) is 1.90. The van der Waals surface area contributed by atoms with E-state index in [-0.39, 0.29) is 24.7 Å². The zero-order valence-corrected chi connectivity index (χ0v) is 11.0. The van der Waals surface area contributed by atoms with Crippen molar-refractivity contribution in [1.82, 2.24) is 9.97 Å². The van der Waals surface area contributed by atoms with Crippen LogP contribution in [-0.2, 0) is 15.7 Å². The second kappa shape index (κ2) is 6.92. The van der Waals surface area contributed by atoms with Gasteiger partial charge in [0.05, 0.1) is 13.5 Å². The third-order valence-electron chi connectivity index (χ3n) is 2.21. The van der Waals surface area contributed by atoms with Gasteiger partial charge in [-0.05, 0) is 6.92 Å². The molecule has 1 heterocycles. The molecule has 9 heteroatoms. The molecule has 0 spiro atoms. The Morgan fingerprint density at radius 1 is 1.35 bits per heavy atom. The number of nitrogens with zero attached hydrogens (tertiary/aromatic N) is 2. The number of esters is 1. The summed E-state index contributed by atoms with van der Waals surface area (Å²) in [6, 6.07) is 0.790. The number of nitrogens with one attached hydrogen (secondary N) is 2. The van der Waals surface area contributed by atoms with Crippen molar-refractivity contribution in [2.24, 2.45) is 0 Å². The Labute approximate surface area is 113 Å². The highest BCUT2D eigenvalue weighted by Gasteiger charge is 2.33. The van der Waals surface area contributed by atoms with Gasteiger partial charge in [0, 0.05) is 19.2 Å². The Morgan fingerprint density at radius 3 is 2.60 bits per heavy atom. The topological polar surface area (TPSA) is 76.1 Å². The zero-order valence-electron chi connectivity index (χ0n) is 11.0. The third-order valence-corrected chi connectivity index (χ3v) is 2.21. The Morgan fingerprint density at radius 2 is 2.05 bits per heavy atom. The molecule has 0 aliphatic rings. The lowest BCUT2D eigenvalue weighted by molar-refractivity contribution is -0.141. The van der Waals surface area contributed by atoms with Gasteiger partial charge in [-0.25, -0.2) is 4.98 Å². The molecule has 0 aliphatic heterocycles. The minimum atomic E-state index is -4.56. The summed E-state index contributed by atoms with van der Waals surface area (Å²) >= 11 is 0.